The third kappa shape index (κ3) is 4.68. The van der Waals surface area contributed by atoms with Crippen LogP contribution < -0.4 is 10.2 Å². The summed E-state index contributed by atoms with van der Waals surface area (Å²) in [7, 11) is 1.72. The number of hydrogen-bond acceptors (Lipinski definition) is 4. The predicted octanol–water partition coefficient (Wildman–Crippen LogP) is 2.39. The zero-order chi connectivity index (χ0) is 15.2. The zero-order valence-corrected chi connectivity index (χ0v) is 14.4. The Bertz CT molecular complexity index is 454. The van der Waals surface area contributed by atoms with Crippen LogP contribution in [-0.4, -0.2) is 44.6 Å². The van der Waals surface area contributed by atoms with E-state index < -0.39 is 0 Å². The van der Waals surface area contributed by atoms with Crippen molar-refractivity contribution in [3.63, 3.8) is 0 Å². The van der Waals surface area contributed by atoms with Gasteiger partial charge in [-0.05, 0) is 31.0 Å². The van der Waals surface area contributed by atoms with Gasteiger partial charge in [-0.25, -0.2) is 0 Å². The van der Waals surface area contributed by atoms with E-state index in [1.807, 2.05) is 6.92 Å². The van der Waals surface area contributed by atoms with Crippen molar-refractivity contribution in [1.29, 1.82) is 0 Å². The number of halogens is 1. The second kappa shape index (κ2) is 8.13. The number of aliphatic hydroxyl groups is 1. The first-order chi connectivity index (χ1) is 10.1. The summed E-state index contributed by atoms with van der Waals surface area (Å²) in [6.07, 6.45) is 0.825. The van der Waals surface area contributed by atoms with E-state index in [-0.39, 0.29) is 6.10 Å². The van der Waals surface area contributed by atoms with Gasteiger partial charge in [0.15, 0.2) is 0 Å². The molecule has 0 bridgehead atoms. The van der Waals surface area contributed by atoms with Crippen LogP contribution >= 0.6 is 15.9 Å². The van der Waals surface area contributed by atoms with Gasteiger partial charge in [-0.2, -0.15) is 0 Å². The lowest BCUT2D eigenvalue weighted by atomic mass is 10.0. The van der Waals surface area contributed by atoms with E-state index in [1.165, 1.54) is 11.3 Å². The molecule has 118 valence electrons. The van der Waals surface area contributed by atoms with Gasteiger partial charge in [0.05, 0.1) is 12.7 Å². The smallest absolute Gasteiger partial charge is 0.0587 e. The maximum absolute atomic E-state index is 9.78. The molecule has 1 aromatic rings. The maximum atomic E-state index is 9.78. The summed E-state index contributed by atoms with van der Waals surface area (Å²) in [5.74, 6) is 0.373. The lowest BCUT2D eigenvalue weighted by Gasteiger charge is -2.23. The van der Waals surface area contributed by atoms with E-state index in [0.29, 0.717) is 5.92 Å². The average Bonchev–Trinajstić information content (AvgIpc) is 2.94. The Morgan fingerprint density at radius 2 is 2.33 bits per heavy atom. The van der Waals surface area contributed by atoms with Gasteiger partial charge in [-0.15, -0.1) is 0 Å². The van der Waals surface area contributed by atoms with Crippen molar-refractivity contribution in [2.24, 2.45) is 5.92 Å². The van der Waals surface area contributed by atoms with E-state index in [0.717, 1.165) is 43.7 Å². The number of ether oxygens (including phenoxy) is 1. The van der Waals surface area contributed by atoms with Gasteiger partial charge in [-0.1, -0.05) is 22.0 Å². The standard InChI is InChI=1S/C16H25BrN2O2/c1-12(20)14-5-7-19(11-14)16-9-15(17)4-3-13(16)10-18-6-8-21-2/h3-4,9,12,14,18,20H,5-8,10-11H2,1-2H3. The Morgan fingerprint density at radius 1 is 1.52 bits per heavy atom. The average molecular weight is 357 g/mol. The number of rotatable bonds is 7. The molecule has 1 fully saturated rings. The van der Waals surface area contributed by atoms with E-state index in [1.54, 1.807) is 7.11 Å². The minimum Gasteiger partial charge on any atom is -0.393 e. The first-order valence-electron chi connectivity index (χ1n) is 7.53. The molecule has 1 heterocycles. The van der Waals surface area contributed by atoms with Gasteiger partial charge in [0.1, 0.15) is 0 Å². The molecule has 0 aromatic heterocycles. The lowest BCUT2D eigenvalue weighted by Crippen LogP contribution is -2.26. The summed E-state index contributed by atoms with van der Waals surface area (Å²) in [4.78, 5) is 2.38. The summed E-state index contributed by atoms with van der Waals surface area (Å²) in [5, 5.41) is 13.2. The fourth-order valence-corrected chi connectivity index (χ4v) is 3.13. The van der Waals surface area contributed by atoms with Crippen molar-refractivity contribution in [2.45, 2.75) is 26.0 Å². The minimum atomic E-state index is -0.231. The van der Waals surface area contributed by atoms with Crippen molar-refractivity contribution < 1.29 is 9.84 Å². The maximum Gasteiger partial charge on any atom is 0.0587 e. The second-order valence-corrected chi connectivity index (χ2v) is 6.59. The first-order valence-corrected chi connectivity index (χ1v) is 8.32. The van der Waals surface area contributed by atoms with Crippen LogP contribution in [0.4, 0.5) is 5.69 Å². The Hall–Kier alpha value is -0.620. The zero-order valence-electron chi connectivity index (χ0n) is 12.8. The first kappa shape index (κ1) is 16.7. The fraction of sp³-hybridized carbons (Fsp3) is 0.625. The van der Waals surface area contributed by atoms with E-state index in [2.05, 4.69) is 44.3 Å². The molecule has 0 spiro atoms. The Labute approximate surface area is 135 Å². The number of nitrogens with one attached hydrogen (secondary N) is 1. The topological polar surface area (TPSA) is 44.7 Å². The molecule has 0 aliphatic carbocycles. The molecule has 2 unspecified atom stereocenters. The highest BCUT2D eigenvalue weighted by Crippen LogP contribution is 2.31. The van der Waals surface area contributed by atoms with Crippen LogP contribution in [0, 0.1) is 5.92 Å². The molecule has 2 rings (SSSR count). The molecule has 0 radical (unpaired) electrons. The Morgan fingerprint density at radius 3 is 3.00 bits per heavy atom. The SMILES string of the molecule is COCCNCc1ccc(Br)cc1N1CCC(C(C)O)C1. The molecular weight excluding hydrogens is 332 g/mol. The molecule has 1 aromatic carbocycles. The molecule has 2 N–H and O–H groups in total. The van der Waals surface area contributed by atoms with Crippen LogP contribution in [0.1, 0.15) is 18.9 Å². The van der Waals surface area contributed by atoms with E-state index in [9.17, 15) is 5.11 Å². The summed E-state index contributed by atoms with van der Waals surface area (Å²) in [6.45, 7) is 6.24. The highest BCUT2D eigenvalue weighted by atomic mass is 79.9. The van der Waals surface area contributed by atoms with E-state index >= 15 is 0 Å². The molecule has 1 saturated heterocycles. The quantitative estimate of drug-likeness (QED) is 0.736. The van der Waals surface area contributed by atoms with Gasteiger partial charge in [0, 0.05) is 49.4 Å². The molecule has 4 nitrogen and oxygen atoms in total. The molecule has 1 aliphatic heterocycles. The number of aliphatic hydroxyl groups excluding tert-OH is 1. The van der Waals surface area contributed by atoms with Gasteiger partial charge in [-0.3, -0.25) is 0 Å². The number of anilines is 1. The van der Waals surface area contributed by atoms with Crippen LogP contribution in [0.2, 0.25) is 0 Å². The fourth-order valence-electron chi connectivity index (χ4n) is 2.78. The van der Waals surface area contributed by atoms with Crippen molar-refractivity contribution >= 4 is 21.6 Å². The second-order valence-electron chi connectivity index (χ2n) is 5.68. The molecule has 2 atom stereocenters. The third-order valence-corrected chi connectivity index (χ3v) is 4.59. The molecular formula is C16H25BrN2O2. The van der Waals surface area contributed by atoms with Gasteiger partial charge >= 0.3 is 0 Å². The molecule has 5 heteroatoms. The summed E-state index contributed by atoms with van der Waals surface area (Å²) in [6, 6.07) is 6.42. The van der Waals surface area contributed by atoms with E-state index in [4.69, 9.17) is 4.74 Å². The van der Waals surface area contributed by atoms with Crippen LogP contribution in [0.3, 0.4) is 0 Å². The lowest BCUT2D eigenvalue weighted by molar-refractivity contribution is 0.136. The predicted molar refractivity (Wildman–Crippen MR) is 89.7 cm³/mol. The number of hydrogen-bond donors (Lipinski definition) is 2. The van der Waals surface area contributed by atoms with Gasteiger partial charge in [0.2, 0.25) is 0 Å². The number of benzene rings is 1. The Kier molecular flexibility index (Phi) is 6.48. The van der Waals surface area contributed by atoms with Crippen LogP contribution in [0.15, 0.2) is 22.7 Å². The van der Waals surface area contributed by atoms with Crippen molar-refractivity contribution in [3.8, 4) is 0 Å². The summed E-state index contributed by atoms with van der Waals surface area (Å²) in [5.41, 5.74) is 2.55. The third-order valence-electron chi connectivity index (χ3n) is 4.09. The van der Waals surface area contributed by atoms with Gasteiger partial charge < -0.3 is 20.1 Å². The van der Waals surface area contributed by atoms with Crippen molar-refractivity contribution in [1.82, 2.24) is 5.32 Å². The molecule has 1 aliphatic rings. The number of nitrogens with zero attached hydrogens (tertiary/aromatic N) is 1. The number of methoxy groups -OCH3 is 1. The highest BCUT2D eigenvalue weighted by Gasteiger charge is 2.27. The molecule has 21 heavy (non-hydrogen) atoms. The van der Waals surface area contributed by atoms with Crippen LogP contribution in [0.25, 0.3) is 0 Å². The van der Waals surface area contributed by atoms with Crippen molar-refractivity contribution in [3.05, 3.63) is 28.2 Å². The van der Waals surface area contributed by atoms with Crippen LogP contribution in [0.5, 0.6) is 0 Å². The largest absolute Gasteiger partial charge is 0.393 e. The summed E-state index contributed by atoms with van der Waals surface area (Å²) >= 11 is 3.56. The van der Waals surface area contributed by atoms with Gasteiger partial charge in [0.25, 0.3) is 0 Å². The molecule has 0 amide bonds. The monoisotopic (exact) mass is 356 g/mol. The Balaban J connectivity index is 2.05. The van der Waals surface area contributed by atoms with Crippen LogP contribution in [-0.2, 0) is 11.3 Å². The highest BCUT2D eigenvalue weighted by molar-refractivity contribution is 9.10. The minimum absolute atomic E-state index is 0.231. The summed E-state index contributed by atoms with van der Waals surface area (Å²) < 4.78 is 6.16. The van der Waals surface area contributed by atoms with Crippen molar-refractivity contribution in [2.75, 3.05) is 38.3 Å². The molecule has 0 saturated carbocycles. The normalized spacial score (nSPS) is 20.0.